The van der Waals surface area contributed by atoms with Crippen LogP contribution < -0.4 is 5.32 Å². The van der Waals surface area contributed by atoms with Gasteiger partial charge in [0.05, 0.1) is 0 Å². The number of nitrogens with one attached hydrogen (secondary N) is 1. The Morgan fingerprint density at radius 2 is 2.11 bits per heavy atom. The maximum Gasteiger partial charge on any atom is 0.221 e. The van der Waals surface area contributed by atoms with Gasteiger partial charge in [0.1, 0.15) is 0 Å². The molecule has 1 fully saturated rings. The smallest absolute Gasteiger partial charge is 0.221 e. The molecule has 2 N–H and O–H groups in total. The maximum atomic E-state index is 11.5. The third-order valence-corrected chi connectivity index (χ3v) is 3.66. The minimum atomic E-state index is 0.0863. The lowest BCUT2D eigenvalue weighted by molar-refractivity contribution is -0.121. The van der Waals surface area contributed by atoms with E-state index in [-0.39, 0.29) is 12.5 Å². The number of rotatable bonds is 7. The molecule has 1 aliphatic rings. The molecule has 1 amide bonds. The second kappa shape index (κ2) is 8.45. The molecule has 0 radical (unpaired) electrons. The van der Waals surface area contributed by atoms with Gasteiger partial charge in [0.2, 0.25) is 5.91 Å². The Morgan fingerprint density at radius 1 is 1.44 bits per heavy atom. The lowest BCUT2D eigenvalue weighted by atomic mass is 10.0. The maximum absolute atomic E-state index is 11.5. The van der Waals surface area contributed by atoms with Crippen LogP contribution in [0.25, 0.3) is 0 Å². The van der Waals surface area contributed by atoms with E-state index in [0.29, 0.717) is 25.4 Å². The van der Waals surface area contributed by atoms with Crippen LogP contribution in [0.5, 0.6) is 0 Å². The van der Waals surface area contributed by atoms with Crippen molar-refractivity contribution in [1.82, 2.24) is 15.1 Å². The van der Waals surface area contributed by atoms with Crippen LogP contribution in [0.15, 0.2) is 0 Å². The van der Waals surface area contributed by atoms with Gasteiger partial charge in [-0.1, -0.05) is 0 Å². The molecule has 106 valence electrons. The minimum absolute atomic E-state index is 0.0863. The Bertz CT molecular complexity index is 240. The van der Waals surface area contributed by atoms with Crippen LogP contribution in [0.2, 0.25) is 0 Å². The molecule has 0 aromatic rings. The first-order chi connectivity index (χ1) is 8.63. The topological polar surface area (TPSA) is 55.8 Å². The number of aliphatic hydroxyl groups excluding tert-OH is 1. The minimum Gasteiger partial charge on any atom is -0.396 e. The Balaban J connectivity index is 2.12. The van der Waals surface area contributed by atoms with Crippen LogP contribution in [-0.2, 0) is 4.79 Å². The summed E-state index contributed by atoms with van der Waals surface area (Å²) in [6.45, 7) is 3.83. The Labute approximate surface area is 110 Å². The van der Waals surface area contributed by atoms with Gasteiger partial charge in [-0.05, 0) is 46.4 Å². The van der Waals surface area contributed by atoms with Gasteiger partial charge in [-0.15, -0.1) is 0 Å². The molecule has 0 saturated carbocycles. The first kappa shape index (κ1) is 15.4. The normalized spacial score (nSPS) is 18.2. The number of carbonyl (C=O) groups is 1. The van der Waals surface area contributed by atoms with E-state index in [1.807, 2.05) is 0 Å². The highest BCUT2D eigenvalue weighted by Gasteiger charge is 2.20. The van der Waals surface area contributed by atoms with E-state index in [9.17, 15) is 4.79 Å². The molecule has 0 aliphatic carbocycles. The fourth-order valence-corrected chi connectivity index (χ4v) is 2.29. The number of amides is 1. The van der Waals surface area contributed by atoms with Crippen LogP contribution in [0.1, 0.15) is 25.7 Å². The second-order valence-corrected chi connectivity index (χ2v) is 5.19. The van der Waals surface area contributed by atoms with Crippen LogP contribution in [0.4, 0.5) is 0 Å². The summed E-state index contributed by atoms with van der Waals surface area (Å²) in [4.78, 5) is 16.2. The summed E-state index contributed by atoms with van der Waals surface area (Å²) in [6, 6.07) is 0.617. The fourth-order valence-electron chi connectivity index (χ4n) is 2.29. The third kappa shape index (κ3) is 5.80. The predicted octanol–water partition coefficient (Wildman–Crippen LogP) is -0.0989. The molecule has 0 aromatic heterocycles. The Hall–Kier alpha value is -0.650. The number of piperidine rings is 1. The van der Waals surface area contributed by atoms with Crippen molar-refractivity contribution in [1.29, 1.82) is 0 Å². The van der Waals surface area contributed by atoms with Crippen LogP contribution in [-0.4, -0.2) is 73.7 Å². The zero-order chi connectivity index (χ0) is 13.4. The lowest BCUT2D eigenvalue weighted by Gasteiger charge is -2.35. The van der Waals surface area contributed by atoms with Crippen LogP contribution in [0, 0.1) is 0 Å². The van der Waals surface area contributed by atoms with Gasteiger partial charge in [0, 0.05) is 32.2 Å². The van der Waals surface area contributed by atoms with Crippen LogP contribution in [0.3, 0.4) is 0 Å². The predicted molar refractivity (Wildman–Crippen MR) is 72.5 cm³/mol. The second-order valence-electron chi connectivity index (χ2n) is 5.19. The molecule has 0 spiro atoms. The van der Waals surface area contributed by atoms with Crippen molar-refractivity contribution in [2.45, 2.75) is 31.7 Å². The first-order valence-corrected chi connectivity index (χ1v) is 6.90. The highest BCUT2D eigenvalue weighted by atomic mass is 16.3. The largest absolute Gasteiger partial charge is 0.396 e. The standard InChI is InChI=1S/C13H27N3O2/c1-15-8-4-12(5-9-15)16(2)10-6-13(18)14-7-3-11-17/h12,17H,3-11H2,1-2H3,(H,14,18). The van der Waals surface area contributed by atoms with Crippen molar-refractivity contribution in [3.8, 4) is 0 Å². The van der Waals surface area contributed by atoms with Gasteiger partial charge in [-0.3, -0.25) is 4.79 Å². The Morgan fingerprint density at radius 3 is 2.72 bits per heavy atom. The number of hydrogen-bond acceptors (Lipinski definition) is 4. The van der Waals surface area contributed by atoms with Gasteiger partial charge < -0.3 is 20.2 Å². The molecular weight excluding hydrogens is 230 g/mol. The molecule has 5 heteroatoms. The van der Waals surface area contributed by atoms with Crippen molar-refractivity contribution in [2.24, 2.45) is 0 Å². The Kier molecular flexibility index (Phi) is 7.23. The quantitative estimate of drug-likeness (QED) is 0.626. The molecule has 0 aromatic carbocycles. The summed E-state index contributed by atoms with van der Waals surface area (Å²) in [7, 11) is 4.27. The molecule has 1 rings (SSSR count). The molecule has 0 bridgehead atoms. The number of likely N-dealkylation sites (tertiary alicyclic amines) is 1. The molecule has 18 heavy (non-hydrogen) atoms. The van der Waals surface area contributed by atoms with E-state index in [1.54, 1.807) is 0 Å². The SMILES string of the molecule is CN1CCC(N(C)CCC(=O)NCCCO)CC1. The summed E-state index contributed by atoms with van der Waals surface area (Å²) in [5.41, 5.74) is 0. The summed E-state index contributed by atoms with van der Waals surface area (Å²) in [6.07, 6.45) is 3.57. The number of carbonyl (C=O) groups excluding carboxylic acids is 1. The average molecular weight is 257 g/mol. The van der Waals surface area contributed by atoms with Gasteiger partial charge in [-0.2, -0.15) is 0 Å². The molecule has 0 unspecified atom stereocenters. The van der Waals surface area contributed by atoms with Crippen molar-refractivity contribution in [3.05, 3.63) is 0 Å². The van der Waals surface area contributed by atoms with Crippen molar-refractivity contribution in [3.63, 3.8) is 0 Å². The summed E-state index contributed by atoms with van der Waals surface area (Å²) >= 11 is 0. The first-order valence-electron chi connectivity index (χ1n) is 6.90. The summed E-state index contributed by atoms with van der Waals surface area (Å²) in [5.74, 6) is 0.0863. The van der Waals surface area contributed by atoms with Gasteiger partial charge in [0.25, 0.3) is 0 Å². The lowest BCUT2D eigenvalue weighted by Crippen LogP contribution is -2.43. The van der Waals surface area contributed by atoms with E-state index in [2.05, 4.69) is 29.2 Å². The molecule has 5 nitrogen and oxygen atoms in total. The van der Waals surface area contributed by atoms with Crippen molar-refractivity contribution in [2.75, 3.05) is 46.9 Å². The fraction of sp³-hybridized carbons (Fsp3) is 0.923. The molecule has 0 atom stereocenters. The number of nitrogens with zero attached hydrogens (tertiary/aromatic N) is 2. The van der Waals surface area contributed by atoms with Crippen molar-refractivity contribution < 1.29 is 9.90 Å². The number of aliphatic hydroxyl groups is 1. The third-order valence-electron chi connectivity index (χ3n) is 3.66. The van der Waals surface area contributed by atoms with E-state index in [0.717, 1.165) is 19.6 Å². The van der Waals surface area contributed by atoms with E-state index >= 15 is 0 Å². The highest BCUT2D eigenvalue weighted by molar-refractivity contribution is 5.75. The summed E-state index contributed by atoms with van der Waals surface area (Å²) in [5, 5.41) is 11.4. The van der Waals surface area contributed by atoms with Gasteiger partial charge in [-0.25, -0.2) is 0 Å². The van der Waals surface area contributed by atoms with Crippen LogP contribution >= 0.6 is 0 Å². The number of hydrogen-bond donors (Lipinski definition) is 2. The highest BCUT2D eigenvalue weighted by Crippen LogP contribution is 2.13. The van der Waals surface area contributed by atoms with E-state index < -0.39 is 0 Å². The van der Waals surface area contributed by atoms with Crippen molar-refractivity contribution >= 4 is 5.91 Å². The zero-order valence-electron chi connectivity index (χ0n) is 11.7. The molecule has 1 heterocycles. The molecule has 1 saturated heterocycles. The monoisotopic (exact) mass is 257 g/mol. The molecule has 1 aliphatic heterocycles. The zero-order valence-corrected chi connectivity index (χ0v) is 11.7. The van der Waals surface area contributed by atoms with E-state index in [1.165, 1.54) is 12.8 Å². The average Bonchev–Trinajstić information content (AvgIpc) is 2.37. The van der Waals surface area contributed by atoms with E-state index in [4.69, 9.17) is 5.11 Å². The van der Waals surface area contributed by atoms with Gasteiger partial charge in [0.15, 0.2) is 0 Å². The molecular formula is C13H27N3O2. The summed E-state index contributed by atoms with van der Waals surface area (Å²) < 4.78 is 0. The van der Waals surface area contributed by atoms with Gasteiger partial charge >= 0.3 is 0 Å².